The Hall–Kier alpha value is -1.44. The molecule has 1 aromatic heterocycles. The summed E-state index contributed by atoms with van der Waals surface area (Å²) in [5, 5.41) is 19.1. The molecular formula is C15H16BrClN4O2. The maximum atomic E-state index is 10.9. The first-order valence-electron chi connectivity index (χ1n) is 7.39. The van der Waals surface area contributed by atoms with Gasteiger partial charge in [-0.15, -0.1) is 0 Å². The van der Waals surface area contributed by atoms with Crippen LogP contribution in [0.15, 0.2) is 34.9 Å². The summed E-state index contributed by atoms with van der Waals surface area (Å²) in [4.78, 5) is 10.4. The highest BCUT2D eigenvalue weighted by Crippen LogP contribution is 2.39. The van der Waals surface area contributed by atoms with Crippen molar-refractivity contribution in [1.29, 1.82) is 0 Å². The van der Waals surface area contributed by atoms with Crippen LogP contribution in [0.25, 0.3) is 0 Å². The topological polar surface area (TPSA) is 73.0 Å². The summed E-state index contributed by atoms with van der Waals surface area (Å²) in [6.07, 6.45) is 5.98. The van der Waals surface area contributed by atoms with E-state index in [0.29, 0.717) is 16.2 Å². The first-order chi connectivity index (χ1) is 11.0. The van der Waals surface area contributed by atoms with Crippen molar-refractivity contribution in [3.8, 4) is 0 Å². The molecule has 0 spiro atoms. The van der Waals surface area contributed by atoms with Gasteiger partial charge < -0.3 is 10.1 Å². The van der Waals surface area contributed by atoms with Crippen molar-refractivity contribution in [3.63, 3.8) is 0 Å². The summed E-state index contributed by atoms with van der Waals surface area (Å²) in [6, 6.07) is 7.88. The second-order valence-electron chi connectivity index (χ2n) is 5.73. The maximum Gasteiger partial charge on any atom is 0.404 e. The Bertz CT molecular complexity index is 711. The molecule has 0 amide bonds. The molecule has 2 aromatic rings. The number of nitro groups is 1. The molecule has 1 fully saturated rings. The minimum Gasteiger partial charge on any atom is -0.358 e. The van der Waals surface area contributed by atoms with Crippen LogP contribution in [0.4, 0.5) is 5.82 Å². The van der Waals surface area contributed by atoms with Crippen LogP contribution in [0.2, 0.25) is 5.02 Å². The molecule has 8 heteroatoms. The van der Waals surface area contributed by atoms with Crippen molar-refractivity contribution in [2.45, 2.75) is 37.9 Å². The largest absolute Gasteiger partial charge is 0.404 e. The number of halogens is 2. The highest BCUT2D eigenvalue weighted by Gasteiger charge is 2.35. The standard InChI is InChI=1S/C15H16BrClN4O2/c16-13-9-20(19-14(13)21(22)23)10-18-15(7-1-2-8-15)11-3-5-12(17)6-4-11/h3-6,9,18H,1-2,7-8,10H2. The van der Waals surface area contributed by atoms with Gasteiger partial charge in [0, 0.05) is 10.6 Å². The number of nitrogens with one attached hydrogen (secondary N) is 1. The number of aromatic nitrogens is 2. The summed E-state index contributed by atoms with van der Waals surface area (Å²) < 4.78 is 1.94. The van der Waals surface area contributed by atoms with E-state index in [-0.39, 0.29) is 11.4 Å². The Balaban J connectivity index is 1.79. The molecule has 0 atom stereocenters. The maximum absolute atomic E-state index is 10.9. The lowest BCUT2D eigenvalue weighted by molar-refractivity contribution is -0.390. The molecule has 1 N–H and O–H groups in total. The summed E-state index contributed by atoms with van der Waals surface area (Å²) in [6.45, 7) is 0.412. The third-order valence-electron chi connectivity index (χ3n) is 4.31. The van der Waals surface area contributed by atoms with Gasteiger partial charge in [0.05, 0.1) is 11.3 Å². The zero-order chi connectivity index (χ0) is 16.4. The molecular weight excluding hydrogens is 384 g/mol. The Kier molecular flexibility index (Phi) is 4.70. The van der Waals surface area contributed by atoms with Gasteiger partial charge in [0.25, 0.3) is 0 Å². The lowest BCUT2D eigenvalue weighted by atomic mass is 9.88. The van der Waals surface area contributed by atoms with Crippen LogP contribution in [0.1, 0.15) is 31.2 Å². The van der Waals surface area contributed by atoms with Crippen LogP contribution in [0.3, 0.4) is 0 Å². The van der Waals surface area contributed by atoms with Crippen molar-refractivity contribution < 1.29 is 4.92 Å². The molecule has 0 unspecified atom stereocenters. The lowest BCUT2D eigenvalue weighted by Crippen LogP contribution is -2.41. The third-order valence-corrected chi connectivity index (χ3v) is 5.12. The van der Waals surface area contributed by atoms with Crippen LogP contribution in [0.5, 0.6) is 0 Å². The quantitative estimate of drug-likeness (QED) is 0.603. The van der Waals surface area contributed by atoms with Crippen LogP contribution in [-0.2, 0) is 12.2 Å². The first-order valence-corrected chi connectivity index (χ1v) is 8.56. The predicted molar refractivity (Wildman–Crippen MR) is 91.3 cm³/mol. The molecule has 0 radical (unpaired) electrons. The van der Waals surface area contributed by atoms with Crippen molar-refractivity contribution in [1.82, 2.24) is 15.1 Å². The van der Waals surface area contributed by atoms with E-state index >= 15 is 0 Å². The molecule has 0 bridgehead atoms. The molecule has 122 valence electrons. The molecule has 1 heterocycles. The van der Waals surface area contributed by atoms with Gasteiger partial charge in [0.15, 0.2) is 0 Å². The van der Waals surface area contributed by atoms with Crippen molar-refractivity contribution in [3.05, 3.63) is 55.6 Å². The Morgan fingerprint density at radius 3 is 2.57 bits per heavy atom. The summed E-state index contributed by atoms with van der Waals surface area (Å²) in [7, 11) is 0. The molecule has 0 aliphatic heterocycles. The van der Waals surface area contributed by atoms with E-state index in [4.69, 9.17) is 11.6 Å². The van der Waals surface area contributed by atoms with E-state index < -0.39 is 4.92 Å². The lowest BCUT2D eigenvalue weighted by Gasteiger charge is -2.30. The Morgan fingerprint density at radius 1 is 1.35 bits per heavy atom. The fraction of sp³-hybridized carbons (Fsp3) is 0.400. The van der Waals surface area contributed by atoms with Gasteiger partial charge in [-0.25, -0.2) is 0 Å². The third kappa shape index (κ3) is 3.41. The zero-order valence-corrected chi connectivity index (χ0v) is 14.7. The zero-order valence-electron chi connectivity index (χ0n) is 12.3. The molecule has 0 saturated heterocycles. The molecule has 1 aliphatic rings. The van der Waals surface area contributed by atoms with Gasteiger partial charge in [0.1, 0.15) is 11.1 Å². The molecule has 1 saturated carbocycles. The van der Waals surface area contributed by atoms with Gasteiger partial charge >= 0.3 is 5.82 Å². The number of benzene rings is 1. The second-order valence-corrected chi connectivity index (χ2v) is 7.02. The van der Waals surface area contributed by atoms with E-state index in [2.05, 4.69) is 26.3 Å². The molecule has 23 heavy (non-hydrogen) atoms. The average Bonchev–Trinajstić information content (AvgIpc) is 3.13. The van der Waals surface area contributed by atoms with E-state index in [1.165, 1.54) is 5.56 Å². The second kappa shape index (κ2) is 6.59. The first kappa shape index (κ1) is 16.4. The molecule has 1 aliphatic carbocycles. The minimum absolute atomic E-state index is 0.127. The van der Waals surface area contributed by atoms with Gasteiger partial charge in [-0.3, -0.25) is 5.32 Å². The monoisotopic (exact) mass is 398 g/mol. The van der Waals surface area contributed by atoms with E-state index in [1.807, 2.05) is 24.3 Å². The number of rotatable bonds is 5. The fourth-order valence-corrected chi connectivity index (χ4v) is 3.73. The SMILES string of the molecule is O=[N+]([O-])c1nn(CNC2(c3ccc(Cl)cc3)CCCC2)cc1Br. The molecule has 3 rings (SSSR count). The number of nitrogens with zero attached hydrogens (tertiary/aromatic N) is 3. The Morgan fingerprint density at radius 2 is 2.00 bits per heavy atom. The van der Waals surface area contributed by atoms with Crippen LogP contribution in [-0.4, -0.2) is 14.7 Å². The smallest absolute Gasteiger partial charge is 0.358 e. The van der Waals surface area contributed by atoms with E-state index in [1.54, 1.807) is 10.9 Å². The summed E-state index contributed by atoms with van der Waals surface area (Å²) in [5.41, 5.74) is 1.07. The molecule has 6 nitrogen and oxygen atoms in total. The highest BCUT2D eigenvalue weighted by molar-refractivity contribution is 9.10. The van der Waals surface area contributed by atoms with Gasteiger partial charge in [-0.05, 0) is 51.4 Å². The average molecular weight is 400 g/mol. The van der Waals surface area contributed by atoms with E-state index in [9.17, 15) is 10.1 Å². The van der Waals surface area contributed by atoms with Gasteiger partial charge in [-0.1, -0.05) is 36.6 Å². The van der Waals surface area contributed by atoms with Gasteiger partial charge in [0.2, 0.25) is 0 Å². The molecule has 1 aromatic carbocycles. The fourth-order valence-electron chi connectivity index (χ4n) is 3.14. The van der Waals surface area contributed by atoms with Crippen LogP contribution >= 0.6 is 27.5 Å². The van der Waals surface area contributed by atoms with E-state index in [0.717, 1.165) is 25.7 Å². The van der Waals surface area contributed by atoms with Crippen molar-refractivity contribution in [2.75, 3.05) is 0 Å². The van der Waals surface area contributed by atoms with Crippen molar-refractivity contribution >= 4 is 33.3 Å². The van der Waals surface area contributed by atoms with Crippen molar-refractivity contribution in [2.24, 2.45) is 0 Å². The Labute approximate surface area is 147 Å². The minimum atomic E-state index is -0.495. The highest BCUT2D eigenvalue weighted by atomic mass is 79.9. The number of hydrogen-bond acceptors (Lipinski definition) is 4. The number of hydrogen-bond donors (Lipinski definition) is 1. The summed E-state index contributed by atoms with van der Waals surface area (Å²) in [5.74, 6) is -0.168. The van der Waals surface area contributed by atoms with Crippen LogP contribution < -0.4 is 5.32 Å². The normalized spacial score (nSPS) is 16.6. The predicted octanol–water partition coefficient (Wildman–Crippen LogP) is 4.22. The van der Waals surface area contributed by atoms with Crippen LogP contribution in [0, 0.1) is 10.1 Å². The summed E-state index contributed by atoms with van der Waals surface area (Å²) >= 11 is 9.15. The van der Waals surface area contributed by atoms with Gasteiger partial charge in [-0.2, -0.15) is 4.68 Å².